The second-order valence-electron chi connectivity index (χ2n) is 4.50. The van der Waals surface area contributed by atoms with Crippen molar-refractivity contribution in [1.82, 2.24) is 0 Å². The van der Waals surface area contributed by atoms with Gasteiger partial charge in [0.15, 0.2) is 0 Å². The zero-order valence-corrected chi connectivity index (χ0v) is 12.8. The Hall–Kier alpha value is -2.33. The van der Waals surface area contributed by atoms with Gasteiger partial charge >= 0.3 is 11.9 Å². The maximum atomic E-state index is 11.9. The van der Waals surface area contributed by atoms with Gasteiger partial charge in [0.2, 0.25) is 0 Å². The van der Waals surface area contributed by atoms with Gasteiger partial charge in [0.25, 0.3) is 0 Å². The predicted molar refractivity (Wildman–Crippen MR) is 83.0 cm³/mol. The molecule has 0 bridgehead atoms. The van der Waals surface area contributed by atoms with E-state index in [4.69, 9.17) is 21.1 Å². The van der Waals surface area contributed by atoms with E-state index in [1.165, 1.54) is 0 Å². The summed E-state index contributed by atoms with van der Waals surface area (Å²) in [7, 11) is 0. The number of esters is 2. The first kappa shape index (κ1) is 16.0. The monoisotopic (exact) mass is 318 g/mol. The van der Waals surface area contributed by atoms with E-state index in [1.807, 2.05) is 0 Å². The molecule has 2 rings (SSSR count). The summed E-state index contributed by atoms with van der Waals surface area (Å²) in [6.45, 7) is 2.14. The van der Waals surface area contributed by atoms with E-state index in [1.54, 1.807) is 55.5 Å². The van der Waals surface area contributed by atoms with Gasteiger partial charge in [-0.05, 0) is 48.9 Å². The summed E-state index contributed by atoms with van der Waals surface area (Å²) in [6.07, 6.45) is 0. The number of carbonyl (C=O) groups is 2. The Bertz CT molecular complexity index is 665. The van der Waals surface area contributed by atoms with Gasteiger partial charge in [-0.3, -0.25) is 0 Å². The van der Waals surface area contributed by atoms with Crippen molar-refractivity contribution < 1.29 is 19.1 Å². The Morgan fingerprint density at radius 3 is 2.32 bits per heavy atom. The van der Waals surface area contributed by atoms with Crippen LogP contribution in [-0.4, -0.2) is 18.5 Å². The van der Waals surface area contributed by atoms with Gasteiger partial charge < -0.3 is 9.47 Å². The van der Waals surface area contributed by atoms with E-state index in [0.29, 0.717) is 28.3 Å². The Morgan fingerprint density at radius 2 is 1.64 bits per heavy atom. The molecule has 22 heavy (non-hydrogen) atoms. The minimum absolute atomic E-state index is 0.0781. The highest BCUT2D eigenvalue weighted by atomic mass is 35.5. The van der Waals surface area contributed by atoms with Gasteiger partial charge in [-0.2, -0.15) is 0 Å². The second-order valence-corrected chi connectivity index (χ2v) is 4.94. The van der Waals surface area contributed by atoms with E-state index in [9.17, 15) is 9.59 Å². The summed E-state index contributed by atoms with van der Waals surface area (Å²) in [5.41, 5.74) is 1.57. The molecule has 0 saturated heterocycles. The molecule has 0 spiro atoms. The van der Waals surface area contributed by atoms with Crippen LogP contribution in [0.1, 0.15) is 33.2 Å². The number of hydrogen-bond donors (Lipinski definition) is 0. The molecule has 0 aromatic heterocycles. The highest BCUT2D eigenvalue weighted by molar-refractivity contribution is 6.30. The van der Waals surface area contributed by atoms with Crippen molar-refractivity contribution in [2.75, 3.05) is 6.61 Å². The van der Waals surface area contributed by atoms with Gasteiger partial charge in [-0.25, -0.2) is 9.59 Å². The van der Waals surface area contributed by atoms with Gasteiger partial charge in [0.05, 0.1) is 17.7 Å². The second kappa shape index (κ2) is 7.61. The standard InChI is InChI=1S/C17H15ClO4/c1-2-21-17(20)14-5-3-4-12(10-14)11-22-16(19)13-6-8-15(18)9-7-13/h3-10H,2,11H2,1H3. The summed E-state index contributed by atoms with van der Waals surface area (Å²) in [6, 6.07) is 13.2. The smallest absolute Gasteiger partial charge is 0.338 e. The zero-order valence-electron chi connectivity index (χ0n) is 12.0. The fourth-order valence-corrected chi connectivity index (χ4v) is 1.95. The third-order valence-corrected chi connectivity index (χ3v) is 3.14. The first-order chi connectivity index (χ1) is 10.6. The predicted octanol–water partition coefficient (Wildman–Crippen LogP) is 3.87. The molecule has 5 heteroatoms. The largest absolute Gasteiger partial charge is 0.462 e. The maximum absolute atomic E-state index is 11.9. The molecule has 2 aromatic carbocycles. The van der Waals surface area contributed by atoms with Crippen LogP contribution in [0.5, 0.6) is 0 Å². The normalized spacial score (nSPS) is 10.1. The van der Waals surface area contributed by atoms with Crippen LogP contribution in [0.3, 0.4) is 0 Å². The van der Waals surface area contributed by atoms with Crippen molar-refractivity contribution >= 4 is 23.5 Å². The van der Waals surface area contributed by atoms with E-state index in [-0.39, 0.29) is 6.61 Å². The zero-order chi connectivity index (χ0) is 15.9. The molecule has 0 amide bonds. The van der Waals surface area contributed by atoms with Gasteiger partial charge in [-0.1, -0.05) is 23.7 Å². The quantitative estimate of drug-likeness (QED) is 0.785. The molecule has 0 atom stereocenters. The lowest BCUT2D eigenvalue weighted by atomic mass is 10.1. The van der Waals surface area contributed by atoms with Crippen LogP contribution < -0.4 is 0 Å². The molecular formula is C17H15ClO4. The number of benzene rings is 2. The minimum Gasteiger partial charge on any atom is -0.462 e. The lowest BCUT2D eigenvalue weighted by Gasteiger charge is -2.07. The molecule has 0 aliphatic heterocycles. The topological polar surface area (TPSA) is 52.6 Å². The number of ether oxygens (including phenoxy) is 2. The van der Waals surface area contributed by atoms with Crippen molar-refractivity contribution in [2.45, 2.75) is 13.5 Å². The van der Waals surface area contributed by atoms with Crippen molar-refractivity contribution in [3.05, 3.63) is 70.2 Å². The lowest BCUT2D eigenvalue weighted by molar-refractivity contribution is 0.0472. The van der Waals surface area contributed by atoms with Crippen molar-refractivity contribution in [3.63, 3.8) is 0 Å². The summed E-state index contributed by atoms with van der Waals surface area (Å²) >= 11 is 5.77. The van der Waals surface area contributed by atoms with E-state index in [0.717, 1.165) is 0 Å². The highest BCUT2D eigenvalue weighted by Gasteiger charge is 2.09. The summed E-state index contributed by atoms with van der Waals surface area (Å²) in [4.78, 5) is 23.5. The maximum Gasteiger partial charge on any atom is 0.338 e. The van der Waals surface area contributed by atoms with Gasteiger partial charge in [0, 0.05) is 5.02 Å². The highest BCUT2D eigenvalue weighted by Crippen LogP contribution is 2.12. The Morgan fingerprint density at radius 1 is 0.955 bits per heavy atom. The first-order valence-corrected chi connectivity index (χ1v) is 7.16. The molecule has 114 valence electrons. The van der Waals surface area contributed by atoms with Crippen molar-refractivity contribution in [2.24, 2.45) is 0 Å². The average Bonchev–Trinajstić information content (AvgIpc) is 2.54. The van der Waals surface area contributed by atoms with Crippen LogP contribution >= 0.6 is 11.6 Å². The van der Waals surface area contributed by atoms with Crippen LogP contribution in [0.2, 0.25) is 5.02 Å². The number of hydrogen-bond acceptors (Lipinski definition) is 4. The van der Waals surface area contributed by atoms with Crippen LogP contribution in [0.15, 0.2) is 48.5 Å². The molecule has 0 unspecified atom stereocenters. The van der Waals surface area contributed by atoms with E-state index >= 15 is 0 Å². The molecule has 0 fully saturated rings. The molecule has 0 heterocycles. The molecule has 0 aliphatic rings. The number of rotatable bonds is 5. The molecule has 2 aromatic rings. The fraction of sp³-hybridized carbons (Fsp3) is 0.176. The van der Waals surface area contributed by atoms with E-state index < -0.39 is 11.9 Å². The molecule has 0 saturated carbocycles. The van der Waals surface area contributed by atoms with Crippen LogP contribution in [0.25, 0.3) is 0 Å². The summed E-state index contributed by atoms with van der Waals surface area (Å²) in [5.74, 6) is -0.841. The molecule has 0 aliphatic carbocycles. The first-order valence-electron chi connectivity index (χ1n) is 6.79. The van der Waals surface area contributed by atoms with Crippen LogP contribution in [0, 0.1) is 0 Å². The Kier molecular flexibility index (Phi) is 5.55. The Labute approximate surface area is 133 Å². The molecule has 4 nitrogen and oxygen atoms in total. The number of halogens is 1. The molecular weight excluding hydrogens is 304 g/mol. The van der Waals surface area contributed by atoms with Crippen molar-refractivity contribution in [1.29, 1.82) is 0 Å². The Balaban J connectivity index is 1.99. The van der Waals surface area contributed by atoms with E-state index in [2.05, 4.69) is 0 Å². The van der Waals surface area contributed by atoms with Crippen molar-refractivity contribution in [3.8, 4) is 0 Å². The minimum atomic E-state index is -0.446. The van der Waals surface area contributed by atoms with Gasteiger partial charge in [-0.15, -0.1) is 0 Å². The third-order valence-electron chi connectivity index (χ3n) is 2.89. The SMILES string of the molecule is CCOC(=O)c1cccc(COC(=O)c2ccc(Cl)cc2)c1. The lowest BCUT2D eigenvalue weighted by Crippen LogP contribution is -2.07. The van der Waals surface area contributed by atoms with Crippen LogP contribution in [0.4, 0.5) is 0 Å². The summed E-state index contributed by atoms with van der Waals surface area (Å²) < 4.78 is 10.1. The van der Waals surface area contributed by atoms with Crippen LogP contribution in [-0.2, 0) is 16.1 Å². The molecule has 0 radical (unpaired) electrons. The third kappa shape index (κ3) is 4.33. The number of carbonyl (C=O) groups excluding carboxylic acids is 2. The average molecular weight is 319 g/mol. The van der Waals surface area contributed by atoms with Gasteiger partial charge in [0.1, 0.15) is 6.61 Å². The molecule has 0 N–H and O–H groups in total. The fourth-order valence-electron chi connectivity index (χ4n) is 1.82. The summed E-state index contributed by atoms with van der Waals surface area (Å²) in [5, 5.41) is 0.554.